The average Bonchev–Trinajstić information content (AvgIpc) is 2.60. The Morgan fingerprint density at radius 3 is 2.52 bits per heavy atom. The van der Waals surface area contributed by atoms with Crippen LogP contribution in [0.15, 0.2) is 30.3 Å². The maximum Gasteiger partial charge on any atom is 0.127 e. The van der Waals surface area contributed by atoms with Gasteiger partial charge < -0.3 is 14.3 Å². The van der Waals surface area contributed by atoms with E-state index in [2.05, 4.69) is 32.9 Å². The van der Waals surface area contributed by atoms with Crippen molar-refractivity contribution in [1.29, 1.82) is 0 Å². The molecule has 0 spiro atoms. The molecule has 0 fully saturated rings. The Morgan fingerprint density at radius 1 is 1.12 bits per heavy atom. The molecule has 3 nitrogen and oxygen atoms in total. The van der Waals surface area contributed by atoms with Gasteiger partial charge in [-0.3, -0.25) is 0 Å². The van der Waals surface area contributed by atoms with Crippen molar-refractivity contribution in [3.05, 3.63) is 58.1 Å². The van der Waals surface area contributed by atoms with Crippen LogP contribution in [0.1, 0.15) is 47.6 Å². The van der Waals surface area contributed by atoms with Gasteiger partial charge in [0, 0.05) is 12.0 Å². The minimum absolute atomic E-state index is 0.398. The molecule has 0 N–H and O–H groups in total. The van der Waals surface area contributed by atoms with Crippen LogP contribution in [0.3, 0.4) is 0 Å². The summed E-state index contributed by atoms with van der Waals surface area (Å²) in [7, 11) is 0. The number of fused-ring (bicyclic) bond motifs is 1. The third kappa shape index (κ3) is 3.41. The van der Waals surface area contributed by atoms with Crippen molar-refractivity contribution in [1.82, 2.24) is 0 Å². The summed E-state index contributed by atoms with van der Waals surface area (Å²) in [6.07, 6.45) is 3.14. The highest BCUT2D eigenvalue weighted by atomic mass is 16.5. The first-order valence-electron chi connectivity index (χ1n) is 8.87. The van der Waals surface area contributed by atoms with Gasteiger partial charge >= 0.3 is 0 Å². The maximum atomic E-state index is 11.0. The van der Waals surface area contributed by atoms with E-state index in [0.717, 1.165) is 52.9 Å². The standard InChI is InChI=1S/C22H26O3/c1-15-16(2)21-19(10-11-22(4,25-21)12-13-23)17(3)20(15)24-14-18-8-6-5-7-9-18/h5-9,13H,10-12,14H2,1-4H3/t22-/m0/s1. The normalized spacial score (nSPS) is 19.0. The third-order valence-corrected chi connectivity index (χ3v) is 5.30. The van der Waals surface area contributed by atoms with E-state index < -0.39 is 5.60 Å². The first kappa shape index (κ1) is 17.5. The molecule has 0 saturated carbocycles. The number of hydrogen-bond acceptors (Lipinski definition) is 3. The minimum atomic E-state index is -0.398. The zero-order chi connectivity index (χ0) is 18.0. The highest BCUT2D eigenvalue weighted by Gasteiger charge is 2.34. The fraction of sp³-hybridized carbons (Fsp3) is 0.409. The highest BCUT2D eigenvalue weighted by Crippen LogP contribution is 2.44. The molecule has 3 rings (SSSR count). The topological polar surface area (TPSA) is 35.5 Å². The Bertz CT molecular complexity index is 780. The van der Waals surface area contributed by atoms with Crippen LogP contribution in [0, 0.1) is 20.8 Å². The van der Waals surface area contributed by atoms with Crippen molar-refractivity contribution < 1.29 is 14.3 Å². The molecule has 132 valence electrons. The van der Waals surface area contributed by atoms with Gasteiger partial charge in [-0.05, 0) is 62.8 Å². The van der Waals surface area contributed by atoms with Gasteiger partial charge in [-0.15, -0.1) is 0 Å². The van der Waals surface area contributed by atoms with Crippen LogP contribution in [-0.2, 0) is 17.8 Å². The molecule has 0 aromatic heterocycles. The molecule has 1 atom stereocenters. The van der Waals surface area contributed by atoms with Gasteiger partial charge in [0.05, 0.1) is 0 Å². The zero-order valence-corrected chi connectivity index (χ0v) is 15.5. The van der Waals surface area contributed by atoms with Crippen LogP contribution >= 0.6 is 0 Å². The molecule has 0 saturated heterocycles. The molecule has 1 aliphatic rings. The second-order valence-electron chi connectivity index (χ2n) is 7.21. The molecular weight excluding hydrogens is 312 g/mol. The number of benzene rings is 2. The summed E-state index contributed by atoms with van der Waals surface area (Å²) in [6, 6.07) is 10.2. The predicted octanol–water partition coefficient (Wildman–Crippen LogP) is 4.86. The van der Waals surface area contributed by atoms with E-state index in [1.54, 1.807) is 0 Å². The summed E-state index contributed by atoms with van der Waals surface area (Å²) in [5.41, 5.74) is 5.36. The third-order valence-electron chi connectivity index (χ3n) is 5.30. The lowest BCUT2D eigenvalue weighted by Crippen LogP contribution is -2.37. The first-order valence-corrected chi connectivity index (χ1v) is 8.87. The number of hydrogen-bond donors (Lipinski definition) is 0. The van der Waals surface area contributed by atoms with E-state index >= 15 is 0 Å². The van der Waals surface area contributed by atoms with E-state index in [1.165, 1.54) is 5.56 Å². The van der Waals surface area contributed by atoms with Gasteiger partial charge in [-0.25, -0.2) is 0 Å². The molecule has 1 aliphatic heterocycles. The van der Waals surface area contributed by atoms with Crippen LogP contribution in [0.2, 0.25) is 0 Å². The van der Waals surface area contributed by atoms with Crippen LogP contribution in [0.25, 0.3) is 0 Å². The molecular formula is C22H26O3. The molecule has 0 bridgehead atoms. The zero-order valence-electron chi connectivity index (χ0n) is 15.5. The lowest BCUT2D eigenvalue weighted by Gasteiger charge is -2.37. The van der Waals surface area contributed by atoms with Crippen molar-refractivity contribution in [2.45, 2.75) is 59.2 Å². The quantitative estimate of drug-likeness (QED) is 0.730. The molecule has 1 heterocycles. The lowest BCUT2D eigenvalue weighted by atomic mass is 9.86. The van der Waals surface area contributed by atoms with Crippen molar-refractivity contribution in [3.63, 3.8) is 0 Å². The van der Waals surface area contributed by atoms with Gasteiger partial charge in [0.15, 0.2) is 0 Å². The number of ether oxygens (including phenoxy) is 2. The molecule has 0 radical (unpaired) electrons. The monoisotopic (exact) mass is 338 g/mol. The number of carbonyl (C=O) groups excluding carboxylic acids is 1. The largest absolute Gasteiger partial charge is 0.488 e. The Labute approximate surface area is 150 Å². The maximum absolute atomic E-state index is 11.0. The fourth-order valence-electron chi connectivity index (χ4n) is 3.55. The Hall–Kier alpha value is -2.29. The summed E-state index contributed by atoms with van der Waals surface area (Å²) >= 11 is 0. The molecule has 0 unspecified atom stereocenters. The number of rotatable bonds is 5. The van der Waals surface area contributed by atoms with Crippen molar-refractivity contribution in [3.8, 4) is 11.5 Å². The number of aldehydes is 1. The van der Waals surface area contributed by atoms with E-state index in [1.807, 2.05) is 25.1 Å². The fourth-order valence-corrected chi connectivity index (χ4v) is 3.55. The van der Waals surface area contributed by atoms with Crippen LogP contribution in [0.4, 0.5) is 0 Å². The molecule has 0 amide bonds. The molecule has 2 aromatic carbocycles. The number of carbonyl (C=O) groups is 1. The summed E-state index contributed by atoms with van der Waals surface area (Å²) in [5, 5.41) is 0. The minimum Gasteiger partial charge on any atom is -0.488 e. The van der Waals surface area contributed by atoms with Gasteiger partial charge in [0.2, 0.25) is 0 Å². The Morgan fingerprint density at radius 2 is 1.84 bits per heavy atom. The predicted molar refractivity (Wildman–Crippen MR) is 99.5 cm³/mol. The van der Waals surface area contributed by atoms with E-state index in [9.17, 15) is 4.79 Å². The van der Waals surface area contributed by atoms with Gasteiger partial charge in [0.1, 0.15) is 30.0 Å². The second-order valence-corrected chi connectivity index (χ2v) is 7.21. The Kier molecular flexibility index (Phi) is 4.85. The molecule has 3 heteroatoms. The van der Waals surface area contributed by atoms with Crippen LogP contribution in [0.5, 0.6) is 11.5 Å². The summed E-state index contributed by atoms with van der Waals surface area (Å²) in [6.45, 7) is 8.85. The van der Waals surface area contributed by atoms with Crippen LogP contribution in [-0.4, -0.2) is 11.9 Å². The van der Waals surface area contributed by atoms with E-state index in [4.69, 9.17) is 9.47 Å². The first-order chi connectivity index (χ1) is 11.9. The van der Waals surface area contributed by atoms with Gasteiger partial charge in [-0.2, -0.15) is 0 Å². The lowest BCUT2D eigenvalue weighted by molar-refractivity contribution is -0.111. The Balaban J connectivity index is 1.92. The smallest absolute Gasteiger partial charge is 0.127 e. The summed E-state index contributed by atoms with van der Waals surface area (Å²) in [4.78, 5) is 11.0. The van der Waals surface area contributed by atoms with E-state index in [-0.39, 0.29) is 0 Å². The SMILES string of the molecule is Cc1c(C)c2c(c(C)c1OCc1ccccc1)CC[C@@](C)(CC=O)O2. The summed E-state index contributed by atoms with van der Waals surface area (Å²) in [5.74, 6) is 1.90. The van der Waals surface area contributed by atoms with Crippen LogP contribution < -0.4 is 9.47 Å². The van der Waals surface area contributed by atoms with Gasteiger partial charge in [-0.1, -0.05) is 30.3 Å². The van der Waals surface area contributed by atoms with E-state index in [0.29, 0.717) is 13.0 Å². The molecule has 0 aliphatic carbocycles. The van der Waals surface area contributed by atoms with Gasteiger partial charge in [0.25, 0.3) is 0 Å². The summed E-state index contributed by atoms with van der Waals surface area (Å²) < 4.78 is 12.5. The van der Waals surface area contributed by atoms with Crippen molar-refractivity contribution in [2.24, 2.45) is 0 Å². The second kappa shape index (κ2) is 6.91. The van der Waals surface area contributed by atoms with Crippen molar-refractivity contribution >= 4 is 6.29 Å². The van der Waals surface area contributed by atoms with Crippen molar-refractivity contribution in [2.75, 3.05) is 0 Å². The molecule has 2 aromatic rings. The average molecular weight is 338 g/mol. The highest BCUT2D eigenvalue weighted by molar-refractivity contribution is 5.60. The molecule has 25 heavy (non-hydrogen) atoms.